The summed E-state index contributed by atoms with van der Waals surface area (Å²) in [5.41, 5.74) is 8.18. The molecule has 13 heavy (non-hydrogen) atoms. The highest BCUT2D eigenvalue weighted by Crippen LogP contribution is 2.26. The Bertz CT molecular complexity index is 325. The molecule has 0 amide bonds. The summed E-state index contributed by atoms with van der Waals surface area (Å²) in [6.45, 7) is 2.05. The van der Waals surface area contributed by atoms with Crippen molar-refractivity contribution in [3.05, 3.63) is 17.1 Å². The Labute approximate surface area is 82.2 Å². The third-order valence-electron chi connectivity index (χ3n) is 2.22. The Kier molecular flexibility index (Phi) is 2.40. The Morgan fingerprint density at radius 3 is 3.08 bits per heavy atom. The lowest BCUT2D eigenvalue weighted by atomic mass is 10.2. The van der Waals surface area contributed by atoms with Gasteiger partial charge in [-0.25, -0.2) is 9.97 Å². The highest BCUT2D eigenvalue weighted by Gasteiger charge is 2.15. The number of anilines is 1. The number of nitrogen functional groups attached to an aromatic ring is 1. The van der Waals surface area contributed by atoms with Crippen LogP contribution in [-0.2, 0) is 18.6 Å². The van der Waals surface area contributed by atoms with E-state index in [4.69, 9.17) is 5.73 Å². The van der Waals surface area contributed by atoms with E-state index >= 15 is 0 Å². The second-order valence-corrected chi connectivity index (χ2v) is 4.21. The molecule has 2 rings (SSSR count). The predicted molar refractivity (Wildman–Crippen MR) is 55.7 cm³/mol. The molecule has 0 radical (unpaired) electrons. The van der Waals surface area contributed by atoms with Crippen molar-refractivity contribution in [1.29, 1.82) is 0 Å². The van der Waals surface area contributed by atoms with Gasteiger partial charge < -0.3 is 5.73 Å². The molecule has 1 aliphatic heterocycles. The number of hydrogen-bond acceptors (Lipinski definition) is 4. The summed E-state index contributed by atoms with van der Waals surface area (Å²) < 4.78 is 0. The SMILES string of the molecule is CCc1nc(N)c2c(n1)CCSC2. The van der Waals surface area contributed by atoms with Gasteiger partial charge in [-0.15, -0.1) is 0 Å². The molecule has 0 aliphatic carbocycles. The zero-order chi connectivity index (χ0) is 9.26. The first kappa shape index (κ1) is 8.81. The van der Waals surface area contributed by atoms with Crippen LogP contribution in [0.25, 0.3) is 0 Å². The highest BCUT2D eigenvalue weighted by atomic mass is 32.2. The number of nitrogens with two attached hydrogens (primary N) is 1. The molecule has 0 saturated carbocycles. The van der Waals surface area contributed by atoms with Crippen molar-refractivity contribution in [3.8, 4) is 0 Å². The summed E-state index contributed by atoms with van der Waals surface area (Å²) in [6.07, 6.45) is 1.91. The number of hydrogen-bond donors (Lipinski definition) is 1. The number of aromatic nitrogens is 2. The summed E-state index contributed by atoms with van der Waals surface area (Å²) in [5.74, 6) is 3.70. The first-order valence-corrected chi connectivity index (χ1v) is 5.68. The second-order valence-electron chi connectivity index (χ2n) is 3.11. The predicted octanol–water partition coefficient (Wildman–Crippen LogP) is 1.41. The normalized spacial score (nSPS) is 15.5. The Morgan fingerprint density at radius 2 is 2.31 bits per heavy atom. The molecule has 70 valence electrons. The lowest BCUT2D eigenvalue weighted by molar-refractivity contribution is 0.871. The fraction of sp³-hybridized carbons (Fsp3) is 0.556. The van der Waals surface area contributed by atoms with E-state index in [1.54, 1.807) is 0 Å². The van der Waals surface area contributed by atoms with E-state index in [0.717, 1.165) is 35.7 Å². The number of fused-ring (bicyclic) bond motifs is 1. The minimum absolute atomic E-state index is 0.689. The van der Waals surface area contributed by atoms with Crippen LogP contribution in [0, 0.1) is 0 Å². The molecule has 3 nitrogen and oxygen atoms in total. The summed E-state index contributed by atoms with van der Waals surface area (Å²) in [7, 11) is 0. The van der Waals surface area contributed by atoms with Crippen molar-refractivity contribution >= 4 is 17.6 Å². The summed E-state index contributed by atoms with van der Waals surface area (Å²) in [4.78, 5) is 8.75. The van der Waals surface area contributed by atoms with E-state index < -0.39 is 0 Å². The molecular weight excluding hydrogens is 182 g/mol. The molecular formula is C9H13N3S. The van der Waals surface area contributed by atoms with Crippen molar-refractivity contribution in [2.45, 2.75) is 25.5 Å². The third-order valence-corrected chi connectivity index (χ3v) is 3.20. The lowest BCUT2D eigenvalue weighted by Gasteiger charge is -2.16. The molecule has 2 N–H and O–H groups in total. The van der Waals surface area contributed by atoms with Crippen LogP contribution in [0.15, 0.2) is 0 Å². The van der Waals surface area contributed by atoms with Crippen LogP contribution >= 0.6 is 11.8 Å². The van der Waals surface area contributed by atoms with Gasteiger partial charge in [0.1, 0.15) is 11.6 Å². The van der Waals surface area contributed by atoms with Crippen LogP contribution in [0.5, 0.6) is 0 Å². The minimum Gasteiger partial charge on any atom is -0.383 e. The maximum atomic E-state index is 5.85. The van der Waals surface area contributed by atoms with E-state index in [1.807, 2.05) is 11.8 Å². The van der Waals surface area contributed by atoms with Gasteiger partial charge in [0, 0.05) is 17.7 Å². The van der Waals surface area contributed by atoms with Gasteiger partial charge in [0.2, 0.25) is 0 Å². The van der Waals surface area contributed by atoms with Crippen LogP contribution < -0.4 is 5.73 Å². The number of nitrogens with zero attached hydrogens (tertiary/aromatic N) is 2. The van der Waals surface area contributed by atoms with Crippen molar-refractivity contribution < 1.29 is 0 Å². The average Bonchev–Trinajstić information content (AvgIpc) is 2.18. The molecule has 2 heterocycles. The van der Waals surface area contributed by atoms with Crippen molar-refractivity contribution in [3.63, 3.8) is 0 Å². The van der Waals surface area contributed by atoms with Crippen molar-refractivity contribution in [2.75, 3.05) is 11.5 Å². The summed E-state index contributed by atoms with van der Waals surface area (Å²) in [6, 6.07) is 0. The van der Waals surface area contributed by atoms with Gasteiger partial charge in [-0.05, 0) is 12.2 Å². The molecule has 1 aromatic rings. The van der Waals surface area contributed by atoms with Gasteiger partial charge in [0.25, 0.3) is 0 Å². The smallest absolute Gasteiger partial charge is 0.131 e. The molecule has 0 atom stereocenters. The van der Waals surface area contributed by atoms with Crippen LogP contribution in [0.4, 0.5) is 5.82 Å². The number of thioether (sulfide) groups is 1. The van der Waals surface area contributed by atoms with E-state index in [1.165, 1.54) is 5.69 Å². The van der Waals surface area contributed by atoms with Gasteiger partial charge in [0.15, 0.2) is 0 Å². The first-order chi connectivity index (χ1) is 6.31. The summed E-state index contributed by atoms with van der Waals surface area (Å²) >= 11 is 1.91. The minimum atomic E-state index is 0.689. The standard InChI is InChI=1S/C9H13N3S/c1-2-8-11-7-3-4-13-5-6(7)9(10)12-8/h2-5H2,1H3,(H2,10,11,12). The molecule has 4 heteroatoms. The first-order valence-electron chi connectivity index (χ1n) is 4.53. The van der Waals surface area contributed by atoms with E-state index in [0.29, 0.717) is 5.82 Å². The molecule has 0 unspecified atom stereocenters. The van der Waals surface area contributed by atoms with Crippen LogP contribution in [0.2, 0.25) is 0 Å². The zero-order valence-electron chi connectivity index (χ0n) is 7.71. The van der Waals surface area contributed by atoms with Gasteiger partial charge in [-0.3, -0.25) is 0 Å². The Hall–Kier alpha value is -0.770. The molecule has 0 bridgehead atoms. The van der Waals surface area contributed by atoms with Gasteiger partial charge >= 0.3 is 0 Å². The Balaban J connectivity index is 2.47. The van der Waals surface area contributed by atoms with E-state index in [-0.39, 0.29) is 0 Å². The number of aryl methyl sites for hydroxylation is 2. The monoisotopic (exact) mass is 195 g/mol. The highest BCUT2D eigenvalue weighted by molar-refractivity contribution is 7.98. The third kappa shape index (κ3) is 1.63. The van der Waals surface area contributed by atoms with Gasteiger partial charge in [0.05, 0.1) is 5.69 Å². The zero-order valence-corrected chi connectivity index (χ0v) is 8.52. The molecule has 0 fully saturated rings. The fourth-order valence-corrected chi connectivity index (χ4v) is 2.47. The maximum absolute atomic E-state index is 5.85. The quantitative estimate of drug-likeness (QED) is 0.736. The molecule has 1 aliphatic rings. The molecule has 0 saturated heterocycles. The topological polar surface area (TPSA) is 51.8 Å². The van der Waals surface area contributed by atoms with Gasteiger partial charge in [-0.1, -0.05) is 6.92 Å². The maximum Gasteiger partial charge on any atom is 0.131 e. The van der Waals surface area contributed by atoms with E-state index in [2.05, 4.69) is 16.9 Å². The van der Waals surface area contributed by atoms with Crippen LogP contribution in [0.1, 0.15) is 24.0 Å². The Morgan fingerprint density at radius 1 is 1.46 bits per heavy atom. The lowest BCUT2D eigenvalue weighted by Crippen LogP contribution is -2.12. The van der Waals surface area contributed by atoms with Crippen molar-refractivity contribution in [2.24, 2.45) is 0 Å². The molecule has 0 aromatic carbocycles. The van der Waals surface area contributed by atoms with Crippen LogP contribution in [0.3, 0.4) is 0 Å². The van der Waals surface area contributed by atoms with Gasteiger partial charge in [-0.2, -0.15) is 11.8 Å². The molecule has 0 spiro atoms. The van der Waals surface area contributed by atoms with Crippen molar-refractivity contribution in [1.82, 2.24) is 9.97 Å². The largest absolute Gasteiger partial charge is 0.383 e. The molecule has 1 aromatic heterocycles. The second kappa shape index (κ2) is 3.54. The summed E-state index contributed by atoms with van der Waals surface area (Å²) in [5, 5.41) is 0. The fourth-order valence-electron chi connectivity index (χ4n) is 1.47. The van der Waals surface area contributed by atoms with E-state index in [9.17, 15) is 0 Å². The number of rotatable bonds is 1. The average molecular weight is 195 g/mol. The van der Waals surface area contributed by atoms with Crippen LogP contribution in [-0.4, -0.2) is 15.7 Å².